The van der Waals surface area contributed by atoms with Gasteiger partial charge in [0.05, 0.1) is 5.56 Å². The zero-order valence-electron chi connectivity index (χ0n) is 10.0. The maximum Gasteiger partial charge on any atom is 0.416 e. The lowest BCUT2D eigenvalue weighted by Crippen LogP contribution is -2.07. The maximum absolute atomic E-state index is 12.6. The molecule has 0 spiro atoms. The Bertz CT molecular complexity index is 579. The van der Waals surface area contributed by atoms with Crippen LogP contribution in [0.25, 0.3) is 0 Å². The van der Waals surface area contributed by atoms with Gasteiger partial charge in [-0.15, -0.1) is 0 Å². The molecule has 0 saturated heterocycles. The molecule has 2 rings (SSSR count). The first-order chi connectivity index (χ1) is 8.84. The topological polar surface area (TPSA) is 38.9 Å². The number of anilines is 1. The van der Waals surface area contributed by atoms with Gasteiger partial charge in [0.15, 0.2) is 0 Å². The minimum atomic E-state index is -4.42. The Balaban J connectivity index is 2.30. The molecule has 0 saturated carbocycles. The van der Waals surface area contributed by atoms with Crippen LogP contribution in [0.2, 0.25) is 0 Å². The van der Waals surface area contributed by atoms with E-state index in [9.17, 15) is 13.2 Å². The zero-order chi connectivity index (χ0) is 14.0. The number of nitrogens with zero attached hydrogens (tertiary/aromatic N) is 1. The van der Waals surface area contributed by atoms with Gasteiger partial charge in [-0.2, -0.15) is 13.2 Å². The number of hydrogen-bond acceptors (Lipinski definition) is 3. The van der Waals surface area contributed by atoms with E-state index >= 15 is 0 Å². The molecule has 0 atom stereocenters. The summed E-state index contributed by atoms with van der Waals surface area (Å²) in [4.78, 5) is 4.72. The van der Waals surface area contributed by atoms with Crippen molar-refractivity contribution in [2.75, 3.05) is 5.73 Å². The van der Waals surface area contributed by atoms with Crippen molar-refractivity contribution in [2.24, 2.45) is 0 Å². The van der Waals surface area contributed by atoms with Crippen LogP contribution in [-0.4, -0.2) is 4.98 Å². The summed E-state index contributed by atoms with van der Waals surface area (Å²) in [5.74, 6) is -0.135. The summed E-state index contributed by atoms with van der Waals surface area (Å²) in [6.45, 7) is 1.94. The summed E-state index contributed by atoms with van der Waals surface area (Å²) in [6, 6.07) is 9.27. The number of halogens is 3. The molecule has 19 heavy (non-hydrogen) atoms. The van der Waals surface area contributed by atoms with Crippen LogP contribution in [-0.2, 0) is 6.18 Å². The van der Waals surface area contributed by atoms with Crippen molar-refractivity contribution in [1.29, 1.82) is 0 Å². The predicted molar refractivity (Wildman–Crippen MR) is 69.0 cm³/mol. The van der Waals surface area contributed by atoms with E-state index in [1.54, 1.807) is 0 Å². The molecule has 2 N–H and O–H groups in total. The molecular weight excluding hydrogens is 273 g/mol. The summed E-state index contributed by atoms with van der Waals surface area (Å²) in [6.07, 6.45) is -4.42. The molecule has 0 fully saturated rings. The summed E-state index contributed by atoms with van der Waals surface area (Å²) >= 11 is 1.15. The second-order valence-corrected chi connectivity index (χ2v) is 5.13. The molecular formula is C13H11F3N2S. The lowest BCUT2D eigenvalue weighted by Gasteiger charge is -2.09. The van der Waals surface area contributed by atoms with Gasteiger partial charge in [-0.25, -0.2) is 4.98 Å². The largest absolute Gasteiger partial charge is 0.416 e. The van der Waals surface area contributed by atoms with Crippen LogP contribution in [0.5, 0.6) is 0 Å². The number of rotatable bonds is 2. The van der Waals surface area contributed by atoms with Crippen molar-refractivity contribution in [3.63, 3.8) is 0 Å². The molecule has 100 valence electrons. The number of nitrogens with two attached hydrogens (primary N) is 1. The van der Waals surface area contributed by atoms with Gasteiger partial charge < -0.3 is 5.73 Å². The number of hydrogen-bond donors (Lipinski definition) is 1. The van der Waals surface area contributed by atoms with E-state index < -0.39 is 11.7 Å². The molecule has 0 unspecified atom stereocenters. The monoisotopic (exact) mass is 284 g/mol. The molecule has 0 radical (unpaired) electrons. The molecule has 0 aliphatic rings. The SMILES string of the molecule is Cc1ccc(Sc2cc(C(F)(F)F)cc(N)n2)cc1. The van der Waals surface area contributed by atoms with Crippen molar-refractivity contribution in [1.82, 2.24) is 4.98 Å². The molecule has 1 aromatic heterocycles. The molecule has 2 aromatic rings. The first-order valence-electron chi connectivity index (χ1n) is 5.44. The number of aryl methyl sites for hydroxylation is 1. The molecule has 0 aliphatic carbocycles. The summed E-state index contributed by atoms with van der Waals surface area (Å²) < 4.78 is 37.9. The smallest absolute Gasteiger partial charge is 0.384 e. The van der Waals surface area contributed by atoms with Crippen molar-refractivity contribution in [3.05, 3.63) is 47.5 Å². The fraction of sp³-hybridized carbons (Fsp3) is 0.154. The highest BCUT2D eigenvalue weighted by Gasteiger charge is 2.31. The van der Waals surface area contributed by atoms with Gasteiger partial charge in [0, 0.05) is 4.90 Å². The van der Waals surface area contributed by atoms with Gasteiger partial charge in [0.2, 0.25) is 0 Å². The first-order valence-corrected chi connectivity index (χ1v) is 6.25. The third-order valence-electron chi connectivity index (χ3n) is 2.39. The van der Waals surface area contributed by atoms with E-state index in [-0.39, 0.29) is 10.8 Å². The van der Waals surface area contributed by atoms with Gasteiger partial charge in [-0.05, 0) is 31.2 Å². The minimum Gasteiger partial charge on any atom is -0.384 e. The molecule has 0 amide bonds. The van der Waals surface area contributed by atoms with Crippen LogP contribution in [0.1, 0.15) is 11.1 Å². The number of aromatic nitrogens is 1. The molecule has 0 bridgehead atoms. The van der Waals surface area contributed by atoms with E-state index in [2.05, 4.69) is 4.98 Å². The van der Waals surface area contributed by atoms with Gasteiger partial charge in [-0.3, -0.25) is 0 Å². The Kier molecular flexibility index (Phi) is 3.71. The standard InChI is InChI=1S/C13H11F3N2S/c1-8-2-4-10(5-3-8)19-12-7-9(13(14,15)16)6-11(17)18-12/h2-7H,1H3,(H2,17,18). The van der Waals surface area contributed by atoms with Gasteiger partial charge >= 0.3 is 6.18 Å². The van der Waals surface area contributed by atoms with Crippen molar-refractivity contribution < 1.29 is 13.2 Å². The lowest BCUT2D eigenvalue weighted by atomic mass is 10.2. The summed E-state index contributed by atoms with van der Waals surface area (Å²) in [5.41, 5.74) is 5.71. The highest BCUT2D eigenvalue weighted by molar-refractivity contribution is 7.99. The molecule has 0 aliphatic heterocycles. The number of nitrogen functional groups attached to an aromatic ring is 1. The molecule has 1 heterocycles. The van der Waals surface area contributed by atoms with Crippen molar-refractivity contribution in [3.8, 4) is 0 Å². The van der Waals surface area contributed by atoms with Gasteiger partial charge in [0.25, 0.3) is 0 Å². The third kappa shape index (κ3) is 3.64. The fourth-order valence-electron chi connectivity index (χ4n) is 1.47. The highest BCUT2D eigenvalue weighted by atomic mass is 32.2. The van der Waals surface area contributed by atoms with E-state index in [1.807, 2.05) is 31.2 Å². The van der Waals surface area contributed by atoms with Crippen molar-refractivity contribution >= 4 is 17.6 Å². The second kappa shape index (κ2) is 5.13. The third-order valence-corrected chi connectivity index (χ3v) is 3.32. The number of alkyl halides is 3. The van der Waals surface area contributed by atoms with Crippen LogP contribution < -0.4 is 5.73 Å². The van der Waals surface area contributed by atoms with Gasteiger partial charge in [0.1, 0.15) is 10.8 Å². The van der Waals surface area contributed by atoms with E-state index in [0.29, 0.717) is 0 Å². The summed E-state index contributed by atoms with van der Waals surface area (Å²) in [7, 11) is 0. The Morgan fingerprint density at radius 1 is 1.11 bits per heavy atom. The Morgan fingerprint density at radius 3 is 2.32 bits per heavy atom. The quantitative estimate of drug-likeness (QED) is 0.900. The minimum absolute atomic E-state index is 0.135. The second-order valence-electron chi connectivity index (χ2n) is 4.03. The van der Waals surface area contributed by atoms with E-state index in [1.165, 1.54) is 0 Å². The Hall–Kier alpha value is -1.69. The molecule has 2 nitrogen and oxygen atoms in total. The normalized spacial score (nSPS) is 11.6. The van der Waals surface area contributed by atoms with Crippen LogP contribution in [0.4, 0.5) is 19.0 Å². The average molecular weight is 284 g/mol. The molecule has 6 heteroatoms. The van der Waals surface area contributed by atoms with Crippen LogP contribution in [0.15, 0.2) is 46.3 Å². The first kappa shape index (κ1) is 13.7. The fourth-order valence-corrected chi connectivity index (χ4v) is 2.32. The number of benzene rings is 1. The van der Waals surface area contributed by atoms with E-state index in [4.69, 9.17) is 5.73 Å². The van der Waals surface area contributed by atoms with Crippen LogP contribution in [0, 0.1) is 6.92 Å². The van der Waals surface area contributed by atoms with Crippen LogP contribution in [0.3, 0.4) is 0 Å². The Morgan fingerprint density at radius 2 is 1.74 bits per heavy atom. The highest BCUT2D eigenvalue weighted by Crippen LogP contribution is 2.34. The Labute approximate surface area is 112 Å². The van der Waals surface area contributed by atoms with Crippen LogP contribution >= 0.6 is 11.8 Å². The zero-order valence-corrected chi connectivity index (χ0v) is 10.8. The van der Waals surface area contributed by atoms with Crippen molar-refractivity contribution in [2.45, 2.75) is 23.0 Å². The molecule has 1 aromatic carbocycles. The lowest BCUT2D eigenvalue weighted by molar-refractivity contribution is -0.137. The summed E-state index contributed by atoms with van der Waals surface area (Å²) in [5, 5.41) is 0.233. The predicted octanol–water partition coefficient (Wildman–Crippen LogP) is 4.14. The maximum atomic E-state index is 12.6. The average Bonchev–Trinajstić information content (AvgIpc) is 2.30. The van der Waals surface area contributed by atoms with E-state index in [0.717, 1.165) is 34.4 Å². The number of pyridine rings is 1. The van der Waals surface area contributed by atoms with Gasteiger partial charge in [-0.1, -0.05) is 29.5 Å².